The van der Waals surface area contributed by atoms with Gasteiger partial charge in [-0.2, -0.15) is 5.10 Å². The fourth-order valence-electron chi connectivity index (χ4n) is 3.67. The molecule has 1 saturated carbocycles. The number of amides is 1. The summed E-state index contributed by atoms with van der Waals surface area (Å²) >= 11 is 5.88. The lowest BCUT2D eigenvalue weighted by Gasteiger charge is -2.16. The molecule has 0 aliphatic heterocycles. The lowest BCUT2D eigenvalue weighted by atomic mass is 10.1. The molecule has 1 fully saturated rings. The lowest BCUT2D eigenvalue weighted by molar-refractivity contribution is 0.0950. The SMILES string of the molecule is O=C(NCc1nn(C2CCCC2)c(=O)c2ccccc12)c1ccc(Cl)cc1. The summed E-state index contributed by atoms with van der Waals surface area (Å²) in [5, 5.41) is 9.55. The van der Waals surface area contributed by atoms with Crippen molar-refractivity contribution in [3.05, 3.63) is 75.2 Å². The van der Waals surface area contributed by atoms with Crippen molar-refractivity contribution in [3.63, 3.8) is 0 Å². The number of rotatable bonds is 4. The van der Waals surface area contributed by atoms with E-state index in [2.05, 4.69) is 10.4 Å². The molecule has 2 aromatic carbocycles. The molecule has 5 nitrogen and oxygen atoms in total. The zero-order chi connectivity index (χ0) is 18.8. The van der Waals surface area contributed by atoms with Gasteiger partial charge in [0.05, 0.1) is 23.7 Å². The highest BCUT2D eigenvalue weighted by Crippen LogP contribution is 2.28. The van der Waals surface area contributed by atoms with Crippen LogP contribution in [0.3, 0.4) is 0 Å². The molecule has 138 valence electrons. The van der Waals surface area contributed by atoms with Crippen molar-refractivity contribution in [3.8, 4) is 0 Å². The van der Waals surface area contributed by atoms with Crippen molar-refractivity contribution in [2.24, 2.45) is 0 Å². The summed E-state index contributed by atoms with van der Waals surface area (Å²) in [5.41, 5.74) is 1.19. The van der Waals surface area contributed by atoms with Gasteiger partial charge in [-0.15, -0.1) is 0 Å². The van der Waals surface area contributed by atoms with E-state index in [0.717, 1.165) is 31.1 Å². The molecule has 4 rings (SSSR count). The van der Waals surface area contributed by atoms with E-state index in [1.807, 2.05) is 24.3 Å². The Balaban J connectivity index is 1.66. The highest BCUT2D eigenvalue weighted by Gasteiger charge is 2.21. The number of fused-ring (bicyclic) bond motifs is 1. The van der Waals surface area contributed by atoms with E-state index in [4.69, 9.17) is 11.6 Å². The quantitative estimate of drug-likeness (QED) is 0.740. The zero-order valence-corrected chi connectivity index (χ0v) is 15.6. The maximum absolute atomic E-state index is 12.9. The summed E-state index contributed by atoms with van der Waals surface area (Å²) < 4.78 is 1.62. The van der Waals surface area contributed by atoms with Crippen molar-refractivity contribution in [2.45, 2.75) is 38.3 Å². The number of nitrogens with zero attached hydrogens (tertiary/aromatic N) is 2. The van der Waals surface area contributed by atoms with Gasteiger partial charge in [0.2, 0.25) is 0 Å². The van der Waals surface area contributed by atoms with Crippen molar-refractivity contribution in [1.29, 1.82) is 0 Å². The monoisotopic (exact) mass is 381 g/mol. The molecule has 1 amide bonds. The van der Waals surface area contributed by atoms with Gasteiger partial charge in [-0.1, -0.05) is 42.6 Å². The Labute approximate surface area is 162 Å². The number of nitrogens with one attached hydrogen (secondary N) is 1. The summed E-state index contributed by atoms with van der Waals surface area (Å²) in [5.74, 6) is -0.198. The maximum atomic E-state index is 12.9. The van der Waals surface area contributed by atoms with Crippen LogP contribution >= 0.6 is 11.6 Å². The average molecular weight is 382 g/mol. The molecule has 0 bridgehead atoms. The van der Waals surface area contributed by atoms with Gasteiger partial charge < -0.3 is 5.32 Å². The standard InChI is InChI=1S/C21H20ClN3O2/c22-15-11-9-14(10-12-15)20(26)23-13-19-17-7-3-4-8-18(17)21(27)25(24-19)16-5-1-2-6-16/h3-4,7-12,16H,1-2,5-6,13H2,(H,23,26). The van der Waals surface area contributed by atoms with Crippen molar-refractivity contribution < 1.29 is 4.79 Å². The Bertz CT molecular complexity index is 1040. The van der Waals surface area contributed by atoms with Gasteiger partial charge in [0.1, 0.15) is 0 Å². The van der Waals surface area contributed by atoms with Crippen LogP contribution in [-0.2, 0) is 6.54 Å². The van der Waals surface area contributed by atoms with Crippen molar-refractivity contribution in [2.75, 3.05) is 0 Å². The van der Waals surface area contributed by atoms with Gasteiger partial charge in [0, 0.05) is 16.0 Å². The molecule has 0 unspecified atom stereocenters. The molecule has 27 heavy (non-hydrogen) atoms. The number of hydrogen-bond acceptors (Lipinski definition) is 3. The van der Waals surface area contributed by atoms with E-state index < -0.39 is 0 Å². The largest absolute Gasteiger partial charge is 0.346 e. The van der Waals surface area contributed by atoms with E-state index in [1.54, 1.807) is 28.9 Å². The normalized spacial score (nSPS) is 14.6. The second kappa shape index (κ2) is 7.53. The highest BCUT2D eigenvalue weighted by atomic mass is 35.5. The van der Waals surface area contributed by atoms with Crippen LogP contribution in [0.2, 0.25) is 5.02 Å². The minimum Gasteiger partial charge on any atom is -0.346 e. The van der Waals surface area contributed by atoms with E-state index in [0.29, 0.717) is 21.7 Å². The molecule has 1 aliphatic carbocycles. The summed E-state index contributed by atoms with van der Waals surface area (Å²) in [6.07, 6.45) is 4.19. The number of hydrogen-bond donors (Lipinski definition) is 1. The van der Waals surface area contributed by atoms with Gasteiger partial charge in [0.25, 0.3) is 11.5 Å². The Morgan fingerprint density at radius 1 is 1.07 bits per heavy atom. The van der Waals surface area contributed by atoms with Crippen LogP contribution in [0.15, 0.2) is 53.3 Å². The van der Waals surface area contributed by atoms with Crippen molar-refractivity contribution in [1.82, 2.24) is 15.1 Å². The first kappa shape index (κ1) is 17.7. The predicted molar refractivity (Wildman–Crippen MR) is 106 cm³/mol. The fraction of sp³-hybridized carbons (Fsp3) is 0.286. The number of carbonyl (C=O) groups is 1. The molecule has 0 spiro atoms. The Hall–Kier alpha value is -2.66. The predicted octanol–water partition coefficient (Wildman–Crippen LogP) is 4.10. The molecule has 1 heterocycles. The molecular weight excluding hydrogens is 362 g/mol. The Kier molecular flexibility index (Phi) is 4.94. The first-order valence-corrected chi connectivity index (χ1v) is 9.55. The molecule has 1 aliphatic rings. The summed E-state index contributed by atoms with van der Waals surface area (Å²) in [7, 11) is 0. The summed E-state index contributed by atoms with van der Waals surface area (Å²) in [6, 6.07) is 14.3. The van der Waals surface area contributed by atoms with Crippen LogP contribution in [0.4, 0.5) is 0 Å². The summed E-state index contributed by atoms with van der Waals surface area (Å²) in [4.78, 5) is 25.3. The van der Waals surface area contributed by atoms with Crippen LogP contribution in [0.1, 0.15) is 47.8 Å². The van der Waals surface area contributed by atoms with Crippen LogP contribution in [0.25, 0.3) is 10.8 Å². The van der Waals surface area contributed by atoms with Crippen LogP contribution in [-0.4, -0.2) is 15.7 Å². The van der Waals surface area contributed by atoms with E-state index in [-0.39, 0.29) is 24.1 Å². The van der Waals surface area contributed by atoms with Gasteiger partial charge >= 0.3 is 0 Å². The minimum absolute atomic E-state index is 0.0507. The zero-order valence-electron chi connectivity index (χ0n) is 14.8. The number of halogens is 1. The smallest absolute Gasteiger partial charge is 0.274 e. The topological polar surface area (TPSA) is 64.0 Å². The van der Waals surface area contributed by atoms with E-state index >= 15 is 0 Å². The third-order valence-electron chi connectivity index (χ3n) is 5.10. The van der Waals surface area contributed by atoms with Crippen LogP contribution in [0.5, 0.6) is 0 Å². The van der Waals surface area contributed by atoms with Crippen LogP contribution < -0.4 is 10.9 Å². The number of aromatic nitrogens is 2. The molecule has 3 aromatic rings. The Morgan fingerprint density at radius 2 is 1.74 bits per heavy atom. The second-order valence-electron chi connectivity index (χ2n) is 6.87. The van der Waals surface area contributed by atoms with Gasteiger partial charge in [-0.25, -0.2) is 4.68 Å². The molecule has 0 radical (unpaired) electrons. The maximum Gasteiger partial charge on any atom is 0.274 e. The summed E-state index contributed by atoms with van der Waals surface area (Å²) in [6.45, 7) is 0.259. The van der Waals surface area contributed by atoms with Gasteiger partial charge in [-0.05, 0) is 43.2 Å². The number of carbonyl (C=O) groups excluding carboxylic acids is 1. The molecule has 6 heteroatoms. The average Bonchev–Trinajstić information content (AvgIpc) is 3.22. The molecule has 1 N–H and O–H groups in total. The van der Waals surface area contributed by atoms with E-state index in [1.165, 1.54) is 0 Å². The first-order valence-electron chi connectivity index (χ1n) is 9.17. The third-order valence-corrected chi connectivity index (χ3v) is 5.35. The van der Waals surface area contributed by atoms with E-state index in [9.17, 15) is 9.59 Å². The van der Waals surface area contributed by atoms with Crippen LogP contribution in [0, 0.1) is 0 Å². The third kappa shape index (κ3) is 3.60. The highest BCUT2D eigenvalue weighted by molar-refractivity contribution is 6.30. The Morgan fingerprint density at radius 3 is 2.44 bits per heavy atom. The van der Waals surface area contributed by atoms with Gasteiger partial charge in [0.15, 0.2) is 0 Å². The lowest BCUT2D eigenvalue weighted by Crippen LogP contribution is -2.30. The first-order chi connectivity index (χ1) is 13.1. The fourth-order valence-corrected chi connectivity index (χ4v) is 3.79. The molecular formula is C21H20ClN3O2. The van der Waals surface area contributed by atoms with Crippen molar-refractivity contribution >= 4 is 28.3 Å². The molecule has 0 saturated heterocycles. The van der Waals surface area contributed by atoms with Gasteiger partial charge in [-0.3, -0.25) is 9.59 Å². The molecule has 0 atom stereocenters. The minimum atomic E-state index is -0.198. The molecule has 1 aromatic heterocycles. The number of benzene rings is 2. The second-order valence-corrected chi connectivity index (χ2v) is 7.31.